The molecule has 5 rings (SSSR count). The summed E-state index contributed by atoms with van der Waals surface area (Å²) in [7, 11) is -2.52. The number of ether oxygens (including phenoxy) is 8. The Hall–Kier alpha value is -1.94. The maximum Gasteiger partial charge on any atom is 0.509 e. The number of phosphoric ester groups is 2. The Kier molecular flexibility index (Phi) is 16.0. The van der Waals surface area contributed by atoms with Crippen molar-refractivity contribution in [3.05, 3.63) is 39.9 Å². The molecule has 4 fully saturated rings. The number of hydrogen-bond donors (Lipinski definition) is 2. The van der Waals surface area contributed by atoms with Crippen molar-refractivity contribution in [1.29, 1.82) is 0 Å². The minimum absolute atomic E-state index is 0.0240. The molecule has 0 spiro atoms. The van der Waals surface area contributed by atoms with E-state index in [0.29, 0.717) is 19.3 Å². The number of nitrogens with zero attached hydrogens (tertiary/aromatic N) is 1. The van der Waals surface area contributed by atoms with E-state index in [1.54, 1.807) is 21.8 Å². The zero-order valence-electron chi connectivity index (χ0n) is 32.1. The number of nitro groups is 1. The largest absolute Gasteiger partial charge is 0.509 e. The lowest BCUT2D eigenvalue weighted by molar-refractivity contribution is -0.386. The summed E-state index contributed by atoms with van der Waals surface area (Å²) in [4.78, 5) is 44.7. The first-order chi connectivity index (χ1) is 26.4. The van der Waals surface area contributed by atoms with Crippen LogP contribution in [0.3, 0.4) is 0 Å². The highest BCUT2D eigenvalue weighted by atomic mass is 31.2. The number of benzene rings is 1. The van der Waals surface area contributed by atoms with Crippen LogP contribution in [0.1, 0.15) is 51.2 Å². The molecule has 0 saturated carbocycles. The molecule has 0 aliphatic carbocycles. The summed E-state index contributed by atoms with van der Waals surface area (Å²) >= 11 is 0. The van der Waals surface area contributed by atoms with Crippen molar-refractivity contribution in [2.45, 2.75) is 119 Å². The molecule has 4 heterocycles. The minimum Gasteiger partial charge on any atom is -0.428 e. The quantitative estimate of drug-likeness (QED) is 0.0638. The van der Waals surface area contributed by atoms with Gasteiger partial charge in [-0.25, -0.2) is 13.9 Å². The number of hydrogen-bond acceptors (Lipinski definition) is 17. The second kappa shape index (κ2) is 19.9. The van der Waals surface area contributed by atoms with Crippen LogP contribution in [0.15, 0.2) is 24.3 Å². The highest BCUT2D eigenvalue weighted by Crippen LogP contribution is 2.50. The van der Waals surface area contributed by atoms with Crippen LogP contribution < -0.4 is 0 Å². The van der Waals surface area contributed by atoms with Crippen LogP contribution >= 0.6 is 15.6 Å². The molecule has 0 aromatic heterocycles. The fourth-order valence-electron chi connectivity index (χ4n) is 7.27. The standard InChI is InChI=1S/C31H50B3NO19P2/c1-16-8-21(52-31(36)48-17(2)18-6-4-5-7-19(18)35(37)38)25(47-16)13-44-20-9-28(32)50-26(20)14-45-55(39,40)54-23-11-30(34)51-27(23)15-46-56(41,42)53-22-10-29(33)49-24(22)12-43-3/h4-7,16-17,20-30H,8-15,32-34H2,1-3H3,(H,39,40)(H,41,42). The van der Waals surface area contributed by atoms with Crippen LogP contribution in [0, 0.1) is 10.1 Å². The molecular weight excluding hydrogens is 785 g/mol. The Bertz CT molecular complexity index is 1590. The van der Waals surface area contributed by atoms with E-state index in [2.05, 4.69) is 0 Å². The maximum atomic E-state index is 13.1. The molecule has 312 valence electrons. The smallest absolute Gasteiger partial charge is 0.428 e. The van der Waals surface area contributed by atoms with Crippen molar-refractivity contribution >= 4 is 51.0 Å². The van der Waals surface area contributed by atoms with Crippen molar-refractivity contribution in [3.8, 4) is 0 Å². The molecule has 15 unspecified atom stereocenters. The lowest BCUT2D eigenvalue weighted by atomic mass is 9.96. The van der Waals surface area contributed by atoms with Gasteiger partial charge < -0.3 is 47.7 Å². The van der Waals surface area contributed by atoms with Gasteiger partial charge in [-0.05, 0) is 39.2 Å². The number of carbonyl (C=O) groups is 1. The third-order valence-corrected chi connectivity index (χ3v) is 11.8. The van der Waals surface area contributed by atoms with E-state index in [-0.39, 0.29) is 55.6 Å². The van der Waals surface area contributed by atoms with Crippen LogP contribution in [-0.4, -0.2) is 151 Å². The molecule has 2 N–H and O–H groups in total. The van der Waals surface area contributed by atoms with Crippen LogP contribution in [0.4, 0.5) is 10.5 Å². The van der Waals surface area contributed by atoms with Crippen molar-refractivity contribution in [2.75, 3.05) is 33.5 Å². The Morgan fingerprint density at radius 2 is 1.32 bits per heavy atom. The first kappa shape index (κ1) is 45.2. The van der Waals surface area contributed by atoms with Gasteiger partial charge in [0.25, 0.3) is 5.69 Å². The molecule has 20 nitrogen and oxygen atoms in total. The first-order valence-electron chi connectivity index (χ1n) is 18.6. The normalized spacial score (nSPS) is 35.8. The summed E-state index contributed by atoms with van der Waals surface area (Å²) in [5, 5.41) is 11.4. The lowest BCUT2D eigenvalue weighted by Crippen LogP contribution is -2.36. The third kappa shape index (κ3) is 12.8. The molecule has 25 heteroatoms. The van der Waals surface area contributed by atoms with Gasteiger partial charge in [0.15, 0.2) is 0 Å². The summed E-state index contributed by atoms with van der Waals surface area (Å²) in [6.45, 7) is 2.60. The van der Waals surface area contributed by atoms with Crippen LogP contribution in [0.5, 0.6) is 0 Å². The molecule has 4 saturated heterocycles. The van der Waals surface area contributed by atoms with Gasteiger partial charge in [-0.15, -0.1) is 0 Å². The third-order valence-electron chi connectivity index (χ3n) is 9.78. The molecule has 1 aromatic rings. The minimum atomic E-state index is -4.73. The van der Waals surface area contributed by atoms with Gasteiger partial charge in [-0.2, -0.15) is 0 Å². The van der Waals surface area contributed by atoms with Gasteiger partial charge in [-0.3, -0.25) is 28.2 Å². The summed E-state index contributed by atoms with van der Waals surface area (Å²) in [5.74, 6) is 0. The Balaban J connectivity index is 1.09. The highest BCUT2D eigenvalue weighted by Gasteiger charge is 2.45. The predicted octanol–water partition coefficient (Wildman–Crippen LogP) is 0.635. The molecule has 4 aliphatic heterocycles. The summed E-state index contributed by atoms with van der Waals surface area (Å²) < 4.78 is 92.8. The number of carbonyl (C=O) groups excluding carboxylic acids is 1. The van der Waals surface area contributed by atoms with E-state index in [9.17, 15) is 33.8 Å². The van der Waals surface area contributed by atoms with Crippen LogP contribution in [-0.2, 0) is 65.1 Å². The summed E-state index contributed by atoms with van der Waals surface area (Å²) in [6, 6.07) is 5.01. The number of phosphoric acid groups is 2. The van der Waals surface area contributed by atoms with Gasteiger partial charge in [-0.1, -0.05) is 12.1 Å². The SMILES string of the molecule is BC1CC(OCC2OC(C)CC2OC(=O)OC(C)c2ccccc2[N+](=O)[O-])C(COP(=O)(O)OC2CC(B)OC2COP(=O)(O)OC2CC(B)OC2COC)O1. The van der Waals surface area contributed by atoms with Gasteiger partial charge in [0.1, 0.15) is 60.2 Å². The fourth-order valence-corrected chi connectivity index (χ4v) is 9.19. The average molecular weight is 835 g/mol. The average Bonchev–Trinajstić information content (AvgIpc) is 3.86. The topological polar surface area (TPSA) is 246 Å². The van der Waals surface area contributed by atoms with Crippen molar-refractivity contribution in [2.24, 2.45) is 0 Å². The van der Waals surface area contributed by atoms with E-state index in [0.717, 1.165) is 0 Å². The molecular formula is C31H50B3NO19P2. The number of para-hydroxylation sites is 1. The number of nitro benzene ring substituents is 1. The van der Waals surface area contributed by atoms with Crippen molar-refractivity contribution < 1.29 is 84.6 Å². The zero-order chi connectivity index (χ0) is 40.8. The van der Waals surface area contributed by atoms with E-state index < -0.39 is 94.3 Å². The second-order valence-corrected chi connectivity index (χ2v) is 17.3. The van der Waals surface area contributed by atoms with Crippen LogP contribution in [0.2, 0.25) is 0 Å². The summed E-state index contributed by atoms with van der Waals surface area (Å²) in [5.41, 5.74) is 0.0282. The lowest BCUT2D eigenvalue weighted by Gasteiger charge is -2.26. The second-order valence-electron chi connectivity index (χ2n) is 14.5. The van der Waals surface area contributed by atoms with E-state index in [4.69, 9.17) is 56.0 Å². The molecule has 15 atom stereocenters. The fraction of sp³-hybridized carbons (Fsp3) is 0.774. The highest BCUT2D eigenvalue weighted by molar-refractivity contribution is 7.47. The van der Waals surface area contributed by atoms with Gasteiger partial charge >= 0.3 is 21.8 Å². The predicted molar refractivity (Wildman–Crippen MR) is 200 cm³/mol. The number of methoxy groups -OCH3 is 1. The van der Waals surface area contributed by atoms with Gasteiger partial charge in [0.05, 0.1) is 61.3 Å². The summed E-state index contributed by atoms with van der Waals surface area (Å²) in [6.07, 6.45) is -7.09. The maximum absolute atomic E-state index is 13.1. The van der Waals surface area contributed by atoms with Gasteiger partial charge in [0, 0.05) is 37.6 Å². The molecule has 0 amide bonds. The van der Waals surface area contributed by atoms with E-state index in [1.165, 1.54) is 32.2 Å². The number of rotatable bonds is 19. The van der Waals surface area contributed by atoms with E-state index >= 15 is 0 Å². The molecule has 0 radical (unpaired) electrons. The van der Waals surface area contributed by atoms with Crippen LogP contribution in [0.25, 0.3) is 0 Å². The molecule has 4 aliphatic rings. The Morgan fingerprint density at radius 1 is 0.821 bits per heavy atom. The Morgan fingerprint density at radius 3 is 1.88 bits per heavy atom. The monoisotopic (exact) mass is 835 g/mol. The molecule has 56 heavy (non-hydrogen) atoms. The zero-order valence-corrected chi connectivity index (χ0v) is 33.9. The molecule has 1 aromatic carbocycles. The first-order valence-corrected chi connectivity index (χ1v) is 21.5. The van der Waals surface area contributed by atoms with Gasteiger partial charge in [0.2, 0.25) is 0 Å². The van der Waals surface area contributed by atoms with Crippen molar-refractivity contribution in [3.63, 3.8) is 0 Å². The Labute approximate surface area is 327 Å². The molecule has 0 bridgehead atoms. The van der Waals surface area contributed by atoms with Crippen molar-refractivity contribution in [1.82, 2.24) is 0 Å². The van der Waals surface area contributed by atoms with E-state index in [1.807, 2.05) is 14.8 Å².